The first-order valence-electron chi connectivity index (χ1n) is 9.74. The predicted molar refractivity (Wildman–Crippen MR) is 101 cm³/mol. The summed E-state index contributed by atoms with van der Waals surface area (Å²) >= 11 is 0. The van der Waals surface area contributed by atoms with Crippen molar-refractivity contribution in [2.45, 2.75) is 45.1 Å². The molecule has 0 spiro atoms. The molecule has 1 heterocycles. The fraction of sp³-hybridized carbons (Fsp3) is 0.650. The van der Waals surface area contributed by atoms with Gasteiger partial charge in [-0.2, -0.15) is 0 Å². The summed E-state index contributed by atoms with van der Waals surface area (Å²) in [6.45, 7) is 8.51. The molecule has 0 unspecified atom stereocenters. The number of nitrogens with one attached hydrogen (secondary N) is 1. The summed E-state index contributed by atoms with van der Waals surface area (Å²) < 4.78 is 5.96. The van der Waals surface area contributed by atoms with Gasteiger partial charge in [-0.15, -0.1) is 0 Å². The molecule has 0 radical (unpaired) electrons. The van der Waals surface area contributed by atoms with E-state index in [9.17, 15) is 4.79 Å². The van der Waals surface area contributed by atoms with Crippen LogP contribution in [0.15, 0.2) is 24.3 Å². The van der Waals surface area contributed by atoms with E-state index in [-0.39, 0.29) is 5.91 Å². The number of carbonyl (C=O) groups is 1. The van der Waals surface area contributed by atoms with E-state index in [1.807, 2.05) is 24.3 Å². The largest absolute Gasteiger partial charge is 0.490 e. The highest BCUT2D eigenvalue weighted by molar-refractivity contribution is 5.90. The predicted octanol–water partition coefficient (Wildman–Crippen LogP) is 2.97. The molecular formula is C20H31N3O2. The minimum atomic E-state index is 0.0855. The number of likely N-dealkylation sites (N-methyl/N-ethyl adjacent to an activating group) is 1. The molecule has 1 aliphatic carbocycles. The number of piperazine rings is 1. The van der Waals surface area contributed by atoms with Gasteiger partial charge in [-0.1, -0.05) is 6.92 Å². The van der Waals surface area contributed by atoms with Gasteiger partial charge in [-0.05, 0) is 56.5 Å². The zero-order valence-corrected chi connectivity index (χ0v) is 15.4. The van der Waals surface area contributed by atoms with Gasteiger partial charge in [0.25, 0.3) is 0 Å². The van der Waals surface area contributed by atoms with Crippen LogP contribution in [-0.2, 0) is 4.79 Å². The number of hydrogen-bond donors (Lipinski definition) is 1. The summed E-state index contributed by atoms with van der Waals surface area (Å²) in [6, 6.07) is 7.78. The van der Waals surface area contributed by atoms with Crippen molar-refractivity contribution in [2.24, 2.45) is 0 Å². The van der Waals surface area contributed by atoms with Crippen molar-refractivity contribution < 1.29 is 9.53 Å². The van der Waals surface area contributed by atoms with Crippen molar-refractivity contribution in [2.75, 3.05) is 44.6 Å². The van der Waals surface area contributed by atoms with Gasteiger partial charge >= 0.3 is 0 Å². The fourth-order valence-electron chi connectivity index (χ4n) is 3.63. The molecule has 3 rings (SSSR count). The zero-order valence-electron chi connectivity index (χ0n) is 15.4. The first-order valence-corrected chi connectivity index (χ1v) is 9.74. The van der Waals surface area contributed by atoms with Gasteiger partial charge in [0.2, 0.25) is 5.91 Å². The summed E-state index contributed by atoms with van der Waals surface area (Å²) in [5, 5.41) is 2.99. The van der Waals surface area contributed by atoms with E-state index in [0.29, 0.717) is 12.5 Å². The lowest BCUT2D eigenvalue weighted by Crippen LogP contribution is -2.46. The Morgan fingerprint density at radius 3 is 2.36 bits per heavy atom. The molecule has 1 aliphatic heterocycles. The van der Waals surface area contributed by atoms with E-state index in [2.05, 4.69) is 22.0 Å². The SMILES string of the molecule is CCN1CCN(CCC(=O)Nc2ccc(OC3CCCC3)cc2)CC1. The van der Waals surface area contributed by atoms with Crippen molar-refractivity contribution in [3.63, 3.8) is 0 Å². The maximum Gasteiger partial charge on any atom is 0.225 e. The van der Waals surface area contributed by atoms with Crippen LogP contribution in [0.4, 0.5) is 5.69 Å². The Morgan fingerprint density at radius 2 is 1.72 bits per heavy atom. The van der Waals surface area contributed by atoms with Gasteiger partial charge in [0.1, 0.15) is 5.75 Å². The van der Waals surface area contributed by atoms with Crippen LogP contribution in [0.2, 0.25) is 0 Å². The lowest BCUT2D eigenvalue weighted by atomic mass is 10.2. The fourth-order valence-corrected chi connectivity index (χ4v) is 3.63. The molecule has 1 saturated heterocycles. The average Bonchev–Trinajstić information content (AvgIpc) is 3.15. The third kappa shape index (κ3) is 5.72. The molecule has 2 fully saturated rings. The highest BCUT2D eigenvalue weighted by Gasteiger charge is 2.17. The molecule has 1 aromatic carbocycles. The van der Waals surface area contributed by atoms with Crippen LogP contribution in [0.1, 0.15) is 39.0 Å². The number of hydrogen-bond acceptors (Lipinski definition) is 4. The topological polar surface area (TPSA) is 44.8 Å². The lowest BCUT2D eigenvalue weighted by molar-refractivity contribution is -0.116. The van der Waals surface area contributed by atoms with Crippen molar-refractivity contribution >= 4 is 11.6 Å². The number of anilines is 1. The van der Waals surface area contributed by atoms with Crippen molar-refractivity contribution in [3.8, 4) is 5.75 Å². The smallest absolute Gasteiger partial charge is 0.225 e. The van der Waals surface area contributed by atoms with Gasteiger partial charge in [-0.25, -0.2) is 0 Å². The Morgan fingerprint density at radius 1 is 1.08 bits per heavy atom. The number of rotatable bonds is 7. The molecule has 1 saturated carbocycles. The van der Waals surface area contributed by atoms with Crippen molar-refractivity contribution in [1.82, 2.24) is 9.80 Å². The van der Waals surface area contributed by atoms with Gasteiger partial charge in [0, 0.05) is 44.8 Å². The van der Waals surface area contributed by atoms with Crippen LogP contribution >= 0.6 is 0 Å². The third-order valence-electron chi connectivity index (χ3n) is 5.31. The summed E-state index contributed by atoms with van der Waals surface area (Å²) in [5.74, 6) is 0.987. The molecular weight excluding hydrogens is 314 g/mol. The normalized spacial score (nSPS) is 19.9. The Labute approximate surface area is 151 Å². The average molecular weight is 345 g/mol. The quantitative estimate of drug-likeness (QED) is 0.825. The van der Waals surface area contributed by atoms with Crippen LogP contribution in [0.25, 0.3) is 0 Å². The first-order chi connectivity index (χ1) is 12.2. The second kappa shape index (κ2) is 9.20. The van der Waals surface area contributed by atoms with E-state index in [1.165, 1.54) is 12.8 Å². The summed E-state index contributed by atoms with van der Waals surface area (Å²) in [6.07, 6.45) is 5.77. The monoisotopic (exact) mass is 345 g/mol. The molecule has 0 atom stereocenters. The van der Waals surface area contributed by atoms with Crippen LogP contribution in [0.5, 0.6) is 5.75 Å². The van der Waals surface area contributed by atoms with Gasteiger partial charge in [0.05, 0.1) is 6.10 Å². The van der Waals surface area contributed by atoms with Crippen LogP contribution in [0.3, 0.4) is 0 Å². The lowest BCUT2D eigenvalue weighted by Gasteiger charge is -2.33. The molecule has 2 aliphatic rings. The molecule has 0 aromatic heterocycles. The van der Waals surface area contributed by atoms with E-state index < -0.39 is 0 Å². The molecule has 1 amide bonds. The third-order valence-corrected chi connectivity index (χ3v) is 5.31. The zero-order chi connectivity index (χ0) is 17.5. The summed E-state index contributed by atoms with van der Waals surface area (Å²) in [5.41, 5.74) is 0.847. The standard InChI is InChI=1S/C20H31N3O2/c1-2-22-13-15-23(16-14-22)12-11-20(24)21-17-7-9-19(10-8-17)25-18-5-3-4-6-18/h7-10,18H,2-6,11-16H2,1H3,(H,21,24). The van der Waals surface area contributed by atoms with Gasteiger partial charge in [-0.3, -0.25) is 4.79 Å². The Hall–Kier alpha value is -1.59. The summed E-state index contributed by atoms with van der Waals surface area (Å²) in [4.78, 5) is 17.0. The van der Waals surface area contributed by atoms with Crippen molar-refractivity contribution in [1.29, 1.82) is 0 Å². The molecule has 0 bridgehead atoms. The number of ether oxygens (including phenoxy) is 1. The maximum absolute atomic E-state index is 12.2. The molecule has 5 nitrogen and oxygen atoms in total. The first kappa shape index (κ1) is 18.2. The number of benzene rings is 1. The molecule has 5 heteroatoms. The Kier molecular flexibility index (Phi) is 6.70. The molecule has 1 N–H and O–H groups in total. The molecule has 1 aromatic rings. The molecule has 138 valence electrons. The number of amides is 1. The van der Waals surface area contributed by atoms with Gasteiger partial charge < -0.3 is 19.9 Å². The second-order valence-corrected chi connectivity index (χ2v) is 7.12. The van der Waals surface area contributed by atoms with Gasteiger partial charge in [0.15, 0.2) is 0 Å². The maximum atomic E-state index is 12.2. The van der Waals surface area contributed by atoms with E-state index in [1.54, 1.807) is 0 Å². The Balaban J connectivity index is 1.37. The van der Waals surface area contributed by atoms with Crippen LogP contribution in [-0.4, -0.2) is 61.1 Å². The minimum Gasteiger partial charge on any atom is -0.490 e. The minimum absolute atomic E-state index is 0.0855. The van der Waals surface area contributed by atoms with Crippen LogP contribution < -0.4 is 10.1 Å². The van der Waals surface area contributed by atoms with E-state index >= 15 is 0 Å². The van der Waals surface area contributed by atoms with Crippen LogP contribution in [0, 0.1) is 0 Å². The Bertz CT molecular complexity index is 532. The summed E-state index contributed by atoms with van der Waals surface area (Å²) in [7, 11) is 0. The van der Waals surface area contributed by atoms with E-state index in [4.69, 9.17) is 4.74 Å². The van der Waals surface area contributed by atoms with E-state index in [0.717, 1.165) is 63.5 Å². The highest BCUT2D eigenvalue weighted by atomic mass is 16.5. The van der Waals surface area contributed by atoms with Crippen molar-refractivity contribution in [3.05, 3.63) is 24.3 Å². The highest BCUT2D eigenvalue weighted by Crippen LogP contribution is 2.25. The second-order valence-electron chi connectivity index (χ2n) is 7.12. The molecule has 25 heavy (non-hydrogen) atoms. The number of nitrogens with zero attached hydrogens (tertiary/aromatic N) is 2. The number of carbonyl (C=O) groups excluding carboxylic acids is 1.